The van der Waals surface area contributed by atoms with Crippen molar-refractivity contribution in [1.29, 1.82) is 0 Å². The third-order valence-electron chi connectivity index (χ3n) is 12.4. The molecule has 2 aliphatic carbocycles. The number of Topliss-reactive ketones (excluding diaryl/α,β-unsaturated/α-hetero) is 1. The van der Waals surface area contributed by atoms with Gasteiger partial charge in [-0.05, 0) is 47.4 Å². The molecule has 0 radical (unpaired) electrons. The highest BCUT2D eigenvalue weighted by Gasteiger charge is 2.54. The summed E-state index contributed by atoms with van der Waals surface area (Å²) in [6, 6.07) is 3.45. The van der Waals surface area contributed by atoms with Crippen LogP contribution in [0.15, 0.2) is 18.2 Å². The Bertz CT molecular complexity index is 2030. The molecule has 2 aromatic rings. The minimum absolute atomic E-state index is 0.00980. The lowest BCUT2D eigenvalue weighted by molar-refractivity contribution is -0.330. The first-order valence-corrected chi connectivity index (χ1v) is 20.2. The molecule has 0 spiro atoms. The molecule has 7 rings (SSSR count). The van der Waals surface area contributed by atoms with Crippen LogP contribution < -0.4 is 0 Å². The van der Waals surface area contributed by atoms with Crippen LogP contribution in [-0.2, 0) is 42.7 Å². The van der Waals surface area contributed by atoms with E-state index >= 15 is 0 Å². The van der Waals surface area contributed by atoms with Crippen LogP contribution in [0.2, 0.25) is 0 Å². The Morgan fingerprint density at radius 3 is 2.10 bits per heavy atom. The van der Waals surface area contributed by atoms with Crippen LogP contribution in [0, 0.1) is 0 Å². The molecule has 2 aromatic carbocycles. The second-order valence-electron chi connectivity index (χ2n) is 16.6. The van der Waals surface area contributed by atoms with E-state index in [1.807, 2.05) is 19.0 Å². The predicted octanol–water partition coefficient (Wildman–Crippen LogP) is 2.18. The zero-order valence-corrected chi connectivity index (χ0v) is 34.4. The van der Waals surface area contributed by atoms with Gasteiger partial charge in [0.2, 0.25) is 5.78 Å². The molecule has 60 heavy (non-hydrogen) atoms. The number of carbonyl (C=O) groups is 4. The Hall–Kier alpha value is -4.08. The molecule has 0 saturated carbocycles. The number of phenolic OH excluding ortho intramolecular Hbond substituents is 3. The maximum absolute atomic E-state index is 14.0. The van der Waals surface area contributed by atoms with Crippen LogP contribution >= 0.6 is 0 Å². The van der Waals surface area contributed by atoms with Gasteiger partial charge in [-0.15, -0.1) is 0 Å². The average molecular weight is 844 g/mol. The number of hydrogen-bond acceptors (Lipinski definition) is 18. The summed E-state index contributed by atoms with van der Waals surface area (Å²) in [6.07, 6.45) is -12.4. The first-order valence-electron chi connectivity index (χ1n) is 20.2. The third kappa shape index (κ3) is 7.71. The molecule has 3 heterocycles. The molecule has 5 aliphatic rings. The summed E-state index contributed by atoms with van der Waals surface area (Å²) in [5.41, 5.74) is -4.14. The fraction of sp³-hybridized carbons (Fsp3) is 0.619. The quantitative estimate of drug-likeness (QED) is 0.133. The smallest absolute Gasteiger partial charge is 0.303 e. The summed E-state index contributed by atoms with van der Waals surface area (Å²) in [6.45, 7) is 7.72. The first kappa shape index (κ1) is 44.0. The molecule has 6 N–H and O–H groups in total. The van der Waals surface area contributed by atoms with Gasteiger partial charge in [0.1, 0.15) is 47.3 Å². The standard InChI is InChI=1S/C42H53NO17/c1-8-42(53)15-26(30-33(40(42)57-19(5)44)37(52)31-32(36(30)51)35(50)29-20(34(31)49)10-9-11-22(29)45)58-27-12-21(43(6)7)38(17(3)54-27)59-28-14-24(47)39(18(4)55-28)60-41-25(48)13-23(46)16(2)56-41/h9-11,16-18,21,24-28,38-41,45,47-48,51-53H,8,12-15H2,1-7H3/t16-,17-,18+,21-,24-,25-,26-,27-,28-,38+,39+,40+,41+,42+/m0/s1. The van der Waals surface area contributed by atoms with Crippen molar-refractivity contribution in [1.82, 2.24) is 4.90 Å². The maximum Gasteiger partial charge on any atom is 0.303 e. The topological polar surface area (TPSA) is 258 Å². The highest BCUT2D eigenvalue weighted by molar-refractivity contribution is 6.31. The Morgan fingerprint density at radius 2 is 1.47 bits per heavy atom. The van der Waals surface area contributed by atoms with Gasteiger partial charge in [0.15, 0.2) is 36.5 Å². The van der Waals surface area contributed by atoms with Crippen LogP contribution in [0.5, 0.6) is 17.2 Å². The Kier molecular flexibility index (Phi) is 12.2. The number of aliphatic hydroxyl groups excluding tert-OH is 2. The van der Waals surface area contributed by atoms with Crippen molar-refractivity contribution >= 4 is 23.3 Å². The number of likely N-dealkylation sites (N-methyl/N-ethyl adjacent to an activating group) is 1. The number of hydrogen-bond donors (Lipinski definition) is 6. The van der Waals surface area contributed by atoms with Crippen LogP contribution in [-0.4, -0.2) is 146 Å². The number of fused-ring (bicyclic) bond motifs is 3. The van der Waals surface area contributed by atoms with Gasteiger partial charge in [0.05, 0.1) is 41.1 Å². The number of ketones is 3. The SMILES string of the molecule is CC[C@@]1(O)C[C@H](O[C@H]2C[C@H](N(C)C)[C@H](O[C@H]3C[C@H](O)[C@H](O[C@H]4O[C@@H](C)C(=O)C[C@@H]4O)[C@@H](C)O3)[C@H](C)O2)c2c(O)c3c(c(O)c2[C@H]1OC(C)=O)C(=O)c1cccc(O)c1C3=O. The Balaban J connectivity index is 1.15. The number of ether oxygens (including phenoxy) is 7. The number of rotatable bonds is 9. The second kappa shape index (κ2) is 16.7. The van der Waals surface area contributed by atoms with Gasteiger partial charge < -0.3 is 68.7 Å². The predicted molar refractivity (Wildman–Crippen MR) is 204 cm³/mol. The summed E-state index contributed by atoms with van der Waals surface area (Å²) in [4.78, 5) is 54.1. The van der Waals surface area contributed by atoms with E-state index in [1.54, 1.807) is 27.7 Å². The summed E-state index contributed by atoms with van der Waals surface area (Å²) < 4.78 is 42.6. The lowest BCUT2D eigenvalue weighted by atomic mass is 9.70. The van der Waals surface area contributed by atoms with Crippen LogP contribution in [0.1, 0.15) is 122 Å². The average Bonchev–Trinajstić information content (AvgIpc) is 3.17. The Labute approximate surface area is 345 Å². The van der Waals surface area contributed by atoms with E-state index in [0.717, 1.165) is 6.92 Å². The lowest BCUT2D eigenvalue weighted by Gasteiger charge is -2.48. The number of nitrogens with zero attached hydrogens (tertiary/aromatic N) is 1. The van der Waals surface area contributed by atoms with E-state index in [0.29, 0.717) is 0 Å². The summed E-state index contributed by atoms with van der Waals surface area (Å²) in [7, 11) is 3.64. The Morgan fingerprint density at radius 1 is 0.833 bits per heavy atom. The highest BCUT2D eigenvalue weighted by atomic mass is 16.7. The van der Waals surface area contributed by atoms with Gasteiger partial charge in [-0.1, -0.05) is 19.1 Å². The molecule has 0 amide bonds. The van der Waals surface area contributed by atoms with Gasteiger partial charge >= 0.3 is 5.97 Å². The molecule has 0 unspecified atom stereocenters. The highest BCUT2D eigenvalue weighted by Crippen LogP contribution is 2.57. The fourth-order valence-electron chi connectivity index (χ4n) is 9.19. The van der Waals surface area contributed by atoms with E-state index in [1.165, 1.54) is 18.2 Å². The van der Waals surface area contributed by atoms with E-state index in [4.69, 9.17) is 33.2 Å². The third-order valence-corrected chi connectivity index (χ3v) is 12.4. The summed E-state index contributed by atoms with van der Waals surface area (Å²) in [5, 5.41) is 68.2. The van der Waals surface area contributed by atoms with Crippen LogP contribution in [0.3, 0.4) is 0 Å². The van der Waals surface area contributed by atoms with Crippen molar-refractivity contribution in [2.45, 2.75) is 152 Å². The normalized spacial score (nSPS) is 36.7. The number of carbonyl (C=O) groups excluding carboxylic acids is 4. The molecule has 3 saturated heterocycles. The number of aliphatic hydroxyl groups is 3. The lowest BCUT2D eigenvalue weighted by Crippen LogP contribution is -2.58. The van der Waals surface area contributed by atoms with Crippen molar-refractivity contribution in [3.05, 3.63) is 51.6 Å². The molecular formula is C42H53NO17. The largest absolute Gasteiger partial charge is 0.507 e. The van der Waals surface area contributed by atoms with Gasteiger partial charge in [-0.2, -0.15) is 0 Å². The molecule has 0 bridgehead atoms. The molecular weight excluding hydrogens is 790 g/mol. The monoisotopic (exact) mass is 843 g/mol. The molecule has 18 heteroatoms. The number of benzene rings is 2. The van der Waals surface area contributed by atoms with Crippen LogP contribution in [0.4, 0.5) is 0 Å². The van der Waals surface area contributed by atoms with Crippen molar-refractivity contribution < 1.29 is 83.0 Å². The molecule has 0 aromatic heterocycles. The van der Waals surface area contributed by atoms with Gasteiger partial charge in [0.25, 0.3) is 0 Å². The van der Waals surface area contributed by atoms with E-state index in [2.05, 4.69) is 0 Å². The minimum Gasteiger partial charge on any atom is -0.507 e. The minimum atomic E-state index is -1.90. The molecule has 3 aliphatic heterocycles. The van der Waals surface area contributed by atoms with E-state index < -0.39 is 131 Å². The van der Waals surface area contributed by atoms with Crippen molar-refractivity contribution in [3.63, 3.8) is 0 Å². The molecule has 328 valence electrons. The fourth-order valence-corrected chi connectivity index (χ4v) is 9.19. The van der Waals surface area contributed by atoms with Gasteiger partial charge in [-0.25, -0.2) is 0 Å². The van der Waals surface area contributed by atoms with Crippen molar-refractivity contribution in [2.24, 2.45) is 0 Å². The number of esters is 1. The molecule has 14 atom stereocenters. The molecule has 18 nitrogen and oxygen atoms in total. The van der Waals surface area contributed by atoms with Gasteiger partial charge in [-0.3, -0.25) is 19.2 Å². The zero-order valence-electron chi connectivity index (χ0n) is 34.4. The second-order valence-corrected chi connectivity index (χ2v) is 16.6. The first-order chi connectivity index (χ1) is 28.3. The summed E-state index contributed by atoms with van der Waals surface area (Å²) >= 11 is 0. The van der Waals surface area contributed by atoms with E-state index in [-0.39, 0.29) is 60.1 Å². The maximum atomic E-state index is 14.0. The number of aromatic hydroxyl groups is 3. The summed E-state index contributed by atoms with van der Waals surface area (Å²) in [5.74, 6) is -4.95. The van der Waals surface area contributed by atoms with E-state index in [9.17, 15) is 49.8 Å². The van der Waals surface area contributed by atoms with Crippen molar-refractivity contribution in [2.75, 3.05) is 14.1 Å². The number of phenols is 3. The van der Waals surface area contributed by atoms with Crippen molar-refractivity contribution in [3.8, 4) is 17.2 Å². The van der Waals surface area contributed by atoms with Gasteiger partial charge in [0, 0.05) is 55.3 Å². The molecule has 3 fully saturated rings. The van der Waals surface area contributed by atoms with Crippen LogP contribution in [0.25, 0.3) is 0 Å². The zero-order chi connectivity index (χ0) is 43.7.